The molecule has 0 spiro atoms. The van der Waals surface area contributed by atoms with Crippen molar-refractivity contribution in [2.45, 2.75) is 64.2 Å². The second-order valence-electron chi connectivity index (χ2n) is 9.94. The first kappa shape index (κ1) is 24.0. The fourth-order valence-corrected chi connectivity index (χ4v) is 5.58. The van der Waals surface area contributed by atoms with E-state index in [1.165, 1.54) is 43.2 Å². The van der Waals surface area contributed by atoms with Gasteiger partial charge >= 0.3 is 5.69 Å². The average molecular weight is 480 g/mol. The number of aromatic nitrogens is 4. The summed E-state index contributed by atoms with van der Waals surface area (Å²) in [6, 6.07) is 7.72. The molecule has 8 heteroatoms. The maximum Gasteiger partial charge on any atom is 0.348 e. The Hall–Kier alpha value is -2.71. The molecule has 2 aliphatic rings. The van der Waals surface area contributed by atoms with Crippen LogP contribution in [0.3, 0.4) is 0 Å². The number of nitrogens with one attached hydrogen (secondary N) is 1. The number of fused-ring (bicyclic) bond motifs is 1. The molecule has 1 saturated carbocycles. The van der Waals surface area contributed by atoms with Crippen molar-refractivity contribution in [1.82, 2.24) is 24.6 Å². The molecular formula is C27H37N5O3. The third-order valence-corrected chi connectivity index (χ3v) is 7.55. The van der Waals surface area contributed by atoms with Crippen LogP contribution < -0.4 is 10.4 Å². The third kappa shape index (κ3) is 5.76. The summed E-state index contributed by atoms with van der Waals surface area (Å²) in [6.45, 7) is 5.90. The van der Waals surface area contributed by atoms with Gasteiger partial charge in [0, 0.05) is 30.7 Å². The fraction of sp³-hybridized carbons (Fsp3) is 0.593. The van der Waals surface area contributed by atoms with Crippen LogP contribution in [0.1, 0.15) is 70.0 Å². The number of benzene rings is 1. The van der Waals surface area contributed by atoms with E-state index in [0.29, 0.717) is 18.2 Å². The minimum Gasteiger partial charge on any atom is -0.450 e. The maximum atomic E-state index is 12.9. The lowest BCUT2D eigenvalue weighted by atomic mass is 9.86. The Morgan fingerprint density at radius 3 is 2.86 bits per heavy atom. The number of H-pyrrole nitrogens is 1. The van der Waals surface area contributed by atoms with E-state index in [1.807, 2.05) is 31.2 Å². The Balaban J connectivity index is 1.30. The van der Waals surface area contributed by atoms with Crippen LogP contribution >= 0.6 is 0 Å². The number of nitrogens with zero attached hydrogens (tertiary/aromatic N) is 4. The number of hydrogen-bond acceptors (Lipinski definition) is 6. The van der Waals surface area contributed by atoms with E-state index < -0.39 is 0 Å². The highest BCUT2D eigenvalue weighted by Crippen LogP contribution is 2.29. The number of ether oxygens (including phenoxy) is 2. The van der Waals surface area contributed by atoms with Crippen molar-refractivity contribution in [3.8, 4) is 11.6 Å². The van der Waals surface area contributed by atoms with Crippen molar-refractivity contribution >= 4 is 10.8 Å². The van der Waals surface area contributed by atoms with Gasteiger partial charge in [-0.3, -0.25) is 4.98 Å². The minimum atomic E-state index is -0.209. The number of rotatable bonds is 9. The van der Waals surface area contributed by atoms with Gasteiger partial charge in [0.2, 0.25) is 5.88 Å². The van der Waals surface area contributed by atoms with E-state index in [0.717, 1.165) is 55.0 Å². The molecule has 1 N–H and O–H groups in total. The molecule has 3 aromatic rings. The number of piperidine rings is 1. The first-order valence-corrected chi connectivity index (χ1v) is 13.2. The Bertz CT molecular complexity index is 1170. The molecule has 2 aromatic heterocycles. The number of likely N-dealkylation sites (tertiary alicyclic amines) is 1. The van der Waals surface area contributed by atoms with Crippen LogP contribution in [-0.2, 0) is 4.74 Å². The molecular weight excluding hydrogens is 442 g/mol. The molecule has 1 aliphatic heterocycles. The normalized spacial score (nSPS) is 19.9. The van der Waals surface area contributed by atoms with Crippen LogP contribution in [0.25, 0.3) is 16.5 Å². The monoisotopic (exact) mass is 479 g/mol. The zero-order valence-corrected chi connectivity index (χ0v) is 20.7. The van der Waals surface area contributed by atoms with Crippen LogP contribution in [-0.4, -0.2) is 57.7 Å². The van der Waals surface area contributed by atoms with E-state index >= 15 is 0 Å². The molecule has 1 aromatic carbocycles. The lowest BCUT2D eigenvalue weighted by Crippen LogP contribution is -2.36. The summed E-state index contributed by atoms with van der Waals surface area (Å²) in [7, 11) is 0. The first-order chi connectivity index (χ1) is 17.2. The van der Waals surface area contributed by atoms with Crippen molar-refractivity contribution in [2.75, 3.05) is 33.0 Å². The Morgan fingerprint density at radius 2 is 2.00 bits per heavy atom. The van der Waals surface area contributed by atoms with Gasteiger partial charge < -0.3 is 14.4 Å². The van der Waals surface area contributed by atoms with Gasteiger partial charge in [0.25, 0.3) is 0 Å². The Morgan fingerprint density at radius 1 is 1.11 bits per heavy atom. The molecule has 8 nitrogen and oxygen atoms in total. The zero-order chi connectivity index (χ0) is 24.0. The quantitative estimate of drug-likeness (QED) is 0.356. The van der Waals surface area contributed by atoms with Gasteiger partial charge in [-0.05, 0) is 68.8 Å². The van der Waals surface area contributed by atoms with E-state index in [9.17, 15) is 4.79 Å². The topological polar surface area (TPSA) is 85.3 Å². The van der Waals surface area contributed by atoms with E-state index in [-0.39, 0.29) is 18.4 Å². The van der Waals surface area contributed by atoms with Crippen LogP contribution in [0, 0.1) is 5.92 Å². The molecule has 0 bridgehead atoms. The van der Waals surface area contributed by atoms with Crippen molar-refractivity contribution < 1.29 is 9.47 Å². The van der Waals surface area contributed by atoms with Gasteiger partial charge in [0.15, 0.2) is 6.79 Å². The smallest absolute Gasteiger partial charge is 0.348 e. The fourth-order valence-electron chi connectivity index (χ4n) is 5.58. The highest BCUT2D eigenvalue weighted by Gasteiger charge is 2.25. The van der Waals surface area contributed by atoms with Crippen LogP contribution in [0.4, 0.5) is 0 Å². The molecule has 1 atom stereocenters. The second-order valence-corrected chi connectivity index (χ2v) is 9.94. The molecule has 1 saturated heterocycles. The second kappa shape index (κ2) is 11.4. The molecule has 5 rings (SSSR count). The first-order valence-electron chi connectivity index (χ1n) is 13.2. The molecule has 3 heterocycles. The number of aromatic amines is 1. The van der Waals surface area contributed by atoms with Gasteiger partial charge in [-0.2, -0.15) is 4.68 Å². The van der Waals surface area contributed by atoms with Crippen LogP contribution in [0.2, 0.25) is 0 Å². The summed E-state index contributed by atoms with van der Waals surface area (Å²) < 4.78 is 12.5. The molecule has 0 radical (unpaired) electrons. The predicted molar refractivity (Wildman–Crippen MR) is 136 cm³/mol. The standard InChI is InChI=1S/C27H37N5O3/c1-2-34-19-35-26-24-17-23(11-10-21(24)12-14-28-26)32-27(33)29-25(30-32)22-9-6-15-31(18-22)16-13-20-7-4-3-5-8-20/h10-12,14,17,20,22H,2-9,13,15-16,18-19H2,1H3,(H,29,30,33). The Kier molecular flexibility index (Phi) is 7.79. The molecule has 35 heavy (non-hydrogen) atoms. The summed E-state index contributed by atoms with van der Waals surface area (Å²) in [5.41, 5.74) is 0.489. The van der Waals surface area contributed by atoms with E-state index in [1.54, 1.807) is 6.20 Å². The average Bonchev–Trinajstić information content (AvgIpc) is 3.30. The van der Waals surface area contributed by atoms with Gasteiger partial charge in [-0.25, -0.2) is 9.78 Å². The van der Waals surface area contributed by atoms with Crippen molar-refractivity contribution in [3.05, 3.63) is 46.8 Å². The molecule has 1 unspecified atom stereocenters. The molecule has 1 aliphatic carbocycles. The highest BCUT2D eigenvalue weighted by atomic mass is 16.7. The SMILES string of the molecule is CCOCOc1nccc2ccc(-n3nc(C4CCCN(CCC5CCCCC5)C4)[nH]c3=O)cc12. The van der Waals surface area contributed by atoms with E-state index in [2.05, 4.69) is 14.9 Å². The summed E-state index contributed by atoms with van der Waals surface area (Å²) >= 11 is 0. The number of pyridine rings is 1. The molecule has 0 amide bonds. The van der Waals surface area contributed by atoms with Crippen molar-refractivity contribution in [1.29, 1.82) is 0 Å². The summed E-state index contributed by atoms with van der Waals surface area (Å²) in [4.78, 5) is 22.9. The summed E-state index contributed by atoms with van der Waals surface area (Å²) in [5, 5.41) is 6.55. The summed E-state index contributed by atoms with van der Waals surface area (Å²) in [5.74, 6) is 2.43. The van der Waals surface area contributed by atoms with Crippen molar-refractivity contribution in [2.24, 2.45) is 5.92 Å². The zero-order valence-electron chi connectivity index (χ0n) is 20.7. The minimum absolute atomic E-state index is 0.137. The predicted octanol–water partition coefficient (Wildman–Crippen LogP) is 4.63. The molecule has 2 fully saturated rings. The molecule has 188 valence electrons. The lowest BCUT2D eigenvalue weighted by molar-refractivity contribution is 0.0207. The largest absolute Gasteiger partial charge is 0.450 e. The van der Waals surface area contributed by atoms with Crippen molar-refractivity contribution in [3.63, 3.8) is 0 Å². The maximum absolute atomic E-state index is 12.9. The summed E-state index contributed by atoms with van der Waals surface area (Å²) in [6.07, 6.45) is 12.2. The highest BCUT2D eigenvalue weighted by molar-refractivity contribution is 5.88. The van der Waals surface area contributed by atoms with E-state index in [4.69, 9.17) is 14.6 Å². The van der Waals surface area contributed by atoms with Crippen LogP contribution in [0.15, 0.2) is 35.3 Å². The van der Waals surface area contributed by atoms with Crippen LogP contribution in [0.5, 0.6) is 5.88 Å². The Labute approximate surface area is 206 Å². The van der Waals surface area contributed by atoms with Gasteiger partial charge in [-0.15, -0.1) is 5.10 Å². The van der Waals surface area contributed by atoms with Gasteiger partial charge in [-0.1, -0.05) is 38.2 Å². The number of hydrogen-bond donors (Lipinski definition) is 1. The third-order valence-electron chi connectivity index (χ3n) is 7.55. The van der Waals surface area contributed by atoms with Gasteiger partial charge in [0.1, 0.15) is 5.82 Å². The van der Waals surface area contributed by atoms with Gasteiger partial charge in [0.05, 0.1) is 5.69 Å². The lowest BCUT2D eigenvalue weighted by Gasteiger charge is -2.33.